The van der Waals surface area contributed by atoms with E-state index >= 15 is 0 Å². The molecule has 1 aliphatic carbocycles. The van der Waals surface area contributed by atoms with Crippen molar-refractivity contribution in [2.75, 3.05) is 5.32 Å². The Morgan fingerprint density at radius 1 is 0.958 bits per heavy atom. The first kappa shape index (κ1) is 15.3. The van der Waals surface area contributed by atoms with Crippen LogP contribution >= 0.6 is 0 Å². The Bertz CT molecular complexity index is 784. The number of hydrogen-bond acceptors (Lipinski definition) is 1. The number of fused-ring (bicyclic) bond motifs is 1. The summed E-state index contributed by atoms with van der Waals surface area (Å²) in [6.45, 7) is 0. The average molecular weight is 327 g/mol. The van der Waals surface area contributed by atoms with Crippen LogP contribution in [0.3, 0.4) is 0 Å². The van der Waals surface area contributed by atoms with Gasteiger partial charge in [0.1, 0.15) is 5.41 Å². The third kappa shape index (κ3) is 2.02. The lowest BCUT2D eigenvalue weighted by atomic mass is 9.62. The summed E-state index contributed by atoms with van der Waals surface area (Å²) >= 11 is 0. The van der Waals surface area contributed by atoms with Crippen LogP contribution in [0.15, 0.2) is 42.5 Å². The van der Waals surface area contributed by atoms with E-state index in [0.717, 1.165) is 43.7 Å². The smallest absolute Gasteiger partial charge is 0.239 e. The lowest BCUT2D eigenvalue weighted by Crippen LogP contribution is -2.43. The summed E-state index contributed by atoms with van der Waals surface area (Å²) in [7, 11) is 0. The molecule has 1 unspecified atom stereocenters. The number of benzene rings is 2. The van der Waals surface area contributed by atoms with Crippen LogP contribution in [0.5, 0.6) is 0 Å². The Hall–Kier alpha value is -2.23. The van der Waals surface area contributed by atoms with Crippen LogP contribution in [0.2, 0.25) is 0 Å². The van der Waals surface area contributed by atoms with Gasteiger partial charge in [0.25, 0.3) is 0 Å². The Labute approximate surface area is 139 Å². The van der Waals surface area contributed by atoms with Gasteiger partial charge in [-0.3, -0.25) is 4.79 Å². The minimum absolute atomic E-state index is 0.00873. The maximum atomic E-state index is 14.3. The van der Waals surface area contributed by atoms with Gasteiger partial charge in [0, 0.05) is 0 Å². The van der Waals surface area contributed by atoms with E-state index < -0.39 is 17.0 Å². The van der Waals surface area contributed by atoms with Gasteiger partial charge in [-0.05, 0) is 36.0 Å². The molecule has 124 valence electrons. The van der Waals surface area contributed by atoms with Crippen molar-refractivity contribution < 1.29 is 13.6 Å². The molecule has 4 rings (SSSR count). The van der Waals surface area contributed by atoms with E-state index in [9.17, 15) is 13.6 Å². The molecule has 0 spiro atoms. The maximum Gasteiger partial charge on any atom is 0.239 e. The minimum atomic E-state index is -0.963. The molecule has 24 heavy (non-hydrogen) atoms. The summed E-state index contributed by atoms with van der Waals surface area (Å²) in [5.41, 5.74) is 0.518. The van der Waals surface area contributed by atoms with Gasteiger partial charge in [-0.15, -0.1) is 0 Å². The van der Waals surface area contributed by atoms with Gasteiger partial charge in [0.2, 0.25) is 5.91 Å². The zero-order chi connectivity index (χ0) is 16.7. The lowest BCUT2D eigenvalue weighted by Gasteiger charge is -2.38. The highest BCUT2D eigenvalue weighted by Gasteiger charge is 2.54. The van der Waals surface area contributed by atoms with E-state index in [1.807, 2.05) is 30.3 Å². The number of hydrogen-bond donors (Lipinski definition) is 1. The largest absolute Gasteiger partial charge is 0.322 e. The molecular weight excluding hydrogens is 308 g/mol. The first-order valence-electron chi connectivity index (χ1n) is 8.51. The lowest BCUT2D eigenvalue weighted by molar-refractivity contribution is -0.121. The number of halogens is 2. The van der Waals surface area contributed by atoms with Gasteiger partial charge in [-0.25, -0.2) is 8.78 Å². The molecule has 0 bridgehead atoms. The molecule has 1 N–H and O–H groups in total. The molecule has 0 radical (unpaired) electrons. The zero-order valence-corrected chi connectivity index (χ0v) is 13.3. The molecule has 2 nitrogen and oxygen atoms in total. The van der Waals surface area contributed by atoms with Crippen molar-refractivity contribution in [2.45, 2.75) is 37.5 Å². The van der Waals surface area contributed by atoms with Crippen LogP contribution < -0.4 is 5.32 Å². The molecule has 1 atom stereocenters. The fraction of sp³-hybridized carbons (Fsp3) is 0.350. The zero-order valence-electron chi connectivity index (χ0n) is 13.3. The highest BCUT2D eigenvalue weighted by atomic mass is 19.2. The molecule has 2 aromatic carbocycles. The second-order valence-electron chi connectivity index (χ2n) is 6.75. The van der Waals surface area contributed by atoms with Gasteiger partial charge in [0.15, 0.2) is 11.6 Å². The highest BCUT2D eigenvalue weighted by molar-refractivity contribution is 6.09. The van der Waals surface area contributed by atoms with E-state index in [1.165, 1.54) is 0 Å². The monoisotopic (exact) mass is 327 g/mol. The summed E-state index contributed by atoms with van der Waals surface area (Å²) < 4.78 is 28.0. The molecule has 2 aliphatic rings. The average Bonchev–Trinajstić information content (AvgIpc) is 2.93. The van der Waals surface area contributed by atoms with Crippen LogP contribution in [0.4, 0.5) is 14.5 Å². The Kier molecular flexibility index (Phi) is 3.63. The molecule has 1 saturated carbocycles. The third-order valence-electron chi connectivity index (χ3n) is 5.56. The van der Waals surface area contributed by atoms with E-state index in [0.29, 0.717) is 5.56 Å². The normalized spacial score (nSPS) is 23.8. The Morgan fingerprint density at radius 2 is 1.67 bits per heavy atom. The predicted octanol–water partition coefficient (Wildman–Crippen LogP) is 4.78. The van der Waals surface area contributed by atoms with E-state index in [1.54, 1.807) is 6.07 Å². The molecule has 4 heteroatoms. The quantitative estimate of drug-likeness (QED) is 0.845. The van der Waals surface area contributed by atoms with Gasteiger partial charge in [-0.2, -0.15) is 0 Å². The molecule has 0 saturated heterocycles. The van der Waals surface area contributed by atoms with Crippen molar-refractivity contribution in [3.8, 4) is 0 Å². The van der Waals surface area contributed by atoms with Crippen molar-refractivity contribution in [1.82, 2.24) is 0 Å². The van der Waals surface area contributed by atoms with Crippen LogP contribution in [-0.2, 0) is 10.2 Å². The Morgan fingerprint density at radius 3 is 2.38 bits per heavy atom. The Balaban J connectivity index is 1.98. The molecule has 1 aliphatic heterocycles. The summed E-state index contributed by atoms with van der Waals surface area (Å²) in [4.78, 5) is 13.1. The van der Waals surface area contributed by atoms with Crippen molar-refractivity contribution in [3.05, 3.63) is 65.2 Å². The number of carbonyl (C=O) groups is 1. The van der Waals surface area contributed by atoms with Crippen LogP contribution in [-0.4, -0.2) is 5.91 Å². The third-order valence-corrected chi connectivity index (χ3v) is 5.56. The predicted molar refractivity (Wildman–Crippen MR) is 88.8 cm³/mol. The van der Waals surface area contributed by atoms with Gasteiger partial charge in [0.05, 0.1) is 5.69 Å². The fourth-order valence-electron chi connectivity index (χ4n) is 4.50. The fourth-order valence-corrected chi connectivity index (χ4v) is 4.50. The van der Waals surface area contributed by atoms with Crippen LogP contribution in [0.1, 0.15) is 43.2 Å². The molecule has 1 fully saturated rings. The molecular formula is C20H19F2NO. The summed E-state index contributed by atoms with van der Waals surface area (Å²) in [5.74, 6) is -2.03. The molecule has 1 amide bonds. The van der Waals surface area contributed by atoms with Gasteiger partial charge >= 0.3 is 0 Å². The number of nitrogens with one attached hydrogen (secondary N) is 1. The summed E-state index contributed by atoms with van der Waals surface area (Å²) in [6, 6.07) is 12.2. The first-order valence-corrected chi connectivity index (χ1v) is 8.51. The second-order valence-corrected chi connectivity index (χ2v) is 6.75. The van der Waals surface area contributed by atoms with Gasteiger partial charge < -0.3 is 5.32 Å². The highest BCUT2D eigenvalue weighted by Crippen LogP contribution is 2.52. The number of amides is 1. The molecule has 2 aromatic rings. The van der Waals surface area contributed by atoms with Crippen molar-refractivity contribution in [1.29, 1.82) is 0 Å². The summed E-state index contributed by atoms with van der Waals surface area (Å²) in [6.07, 6.45) is 5.12. The minimum Gasteiger partial charge on any atom is -0.322 e. The van der Waals surface area contributed by atoms with E-state index in [4.69, 9.17) is 0 Å². The number of rotatable bonds is 2. The standard InChI is InChI=1S/C20H19F2NO/c21-16-12-11-15-18(17(16)22)23-19(24)20(15,13-7-3-1-4-8-13)14-9-5-2-6-10-14/h1,3-4,7-8,11-12,14H,2,5-6,9-10H2,(H,23,24). The first-order chi connectivity index (χ1) is 11.7. The second kappa shape index (κ2) is 5.69. The van der Waals surface area contributed by atoms with Gasteiger partial charge in [-0.1, -0.05) is 55.7 Å². The summed E-state index contributed by atoms with van der Waals surface area (Å²) in [5, 5.41) is 2.64. The topological polar surface area (TPSA) is 29.1 Å². The molecule has 1 heterocycles. The maximum absolute atomic E-state index is 14.3. The molecule has 0 aromatic heterocycles. The van der Waals surface area contributed by atoms with Crippen molar-refractivity contribution in [2.24, 2.45) is 5.92 Å². The van der Waals surface area contributed by atoms with Crippen molar-refractivity contribution in [3.63, 3.8) is 0 Å². The number of carbonyl (C=O) groups excluding carboxylic acids is 1. The van der Waals surface area contributed by atoms with Crippen molar-refractivity contribution >= 4 is 11.6 Å². The SMILES string of the molecule is O=C1Nc2c(ccc(F)c2F)C1(c1ccccc1)C1CCCCC1. The van der Waals surface area contributed by atoms with Crippen LogP contribution in [0.25, 0.3) is 0 Å². The van der Waals surface area contributed by atoms with Crippen LogP contribution in [0, 0.1) is 17.6 Å². The van der Waals surface area contributed by atoms with E-state index in [2.05, 4.69) is 5.32 Å². The number of anilines is 1. The van der Waals surface area contributed by atoms with E-state index in [-0.39, 0.29) is 17.5 Å².